The van der Waals surface area contributed by atoms with Crippen LogP contribution in [0.3, 0.4) is 0 Å². The first-order valence-corrected chi connectivity index (χ1v) is 11.4. The standard InChI is InChI=1S/C25H22N8O/c1-31-22-21(17-9-11-27-12-10-17)29-24(32-15-28-19-8-7-16(14-26)13-20(19)32)30-23(22)33(25(31)34)18-5-3-2-4-6-18/h7-13,15,18H,2-6H2,1H3. The van der Waals surface area contributed by atoms with Gasteiger partial charge in [-0.25, -0.2) is 14.8 Å². The van der Waals surface area contributed by atoms with Crippen LogP contribution >= 0.6 is 0 Å². The summed E-state index contributed by atoms with van der Waals surface area (Å²) in [5.74, 6) is 0.409. The normalized spacial score (nSPS) is 14.6. The van der Waals surface area contributed by atoms with Crippen LogP contribution in [0.1, 0.15) is 43.7 Å². The second-order valence-electron chi connectivity index (χ2n) is 8.71. The fourth-order valence-corrected chi connectivity index (χ4v) is 4.98. The number of imidazole rings is 2. The van der Waals surface area contributed by atoms with E-state index < -0.39 is 0 Å². The highest BCUT2D eigenvalue weighted by molar-refractivity contribution is 5.89. The van der Waals surface area contributed by atoms with Crippen LogP contribution in [-0.4, -0.2) is 33.6 Å². The maximum absolute atomic E-state index is 13.5. The third kappa shape index (κ3) is 3.10. The third-order valence-electron chi connectivity index (χ3n) is 6.70. The zero-order valence-corrected chi connectivity index (χ0v) is 18.7. The van der Waals surface area contributed by atoms with Gasteiger partial charge in [0.15, 0.2) is 5.65 Å². The van der Waals surface area contributed by atoms with E-state index in [2.05, 4.69) is 16.0 Å². The molecule has 5 aromatic rings. The van der Waals surface area contributed by atoms with Crippen LogP contribution < -0.4 is 5.69 Å². The van der Waals surface area contributed by atoms with Gasteiger partial charge in [0.1, 0.15) is 17.5 Å². The van der Waals surface area contributed by atoms with Gasteiger partial charge in [0.2, 0.25) is 5.95 Å². The molecule has 34 heavy (non-hydrogen) atoms. The van der Waals surface area contributed by atoms with Gasteiger partial charge in [-0.1, -0.05) is 19.3 Å². The van der Waals surface area contributed by atoms with Crippen LogP contribution in [-0.2, 0) is 7.05 Å². The highest BCUT2D eigenvalue weighted by atomic mass is 16.1. The van der Waals surface area contributed by atoms with Crippen molar-refractivity contribution in [1.29, 1.82) is 5.26 Å². The van der Waals surface area contributed by atoms with E-state index in [1.54, 1.807) is 47.0 Å². The Hall–Kier alpha value is -4.32. The predicted octanol–water partition coefficient (Wildman–Crippen LogP) is 3.91. The van der Waals surface area contributed by atoms with Gasteiger partial charge in [-0.3, -0.25) is 18.7 Å². The van der Waals surface area contributed by atoms with Gasteiger partial charge in [0.05, 0.1) is 22.7 Å². The van der Waals surface area contributed by atoms with E-state index in [-0.39, 0.29) is 11.7 Å². The smallest absolute Gasteiger partial charge is 0.292 e. The van der Waals surface area contributed by atoms with Gasteiger partial charge >= 0.3 is 5.69 Å². The molecule has 0 amide bonds. The summed E-state index contributed by atoms with van der Waals surface area (Å²) in [7, 11) is 1.78. The SMILES string of the molecule is Cn1c(=O)n(C2CCCCC2)c2nc(-n3cnc4ccc(C#N)cc43)nc(-c3ccncc3)c21. The van der Waals surface area contributed by atoms with Crippen molar-refractivity contribution in [3.05, 3.63) is 65.1 Å². The fraction of sp³-hybridized carbons (Fsp3) is 0.280. The summed E-state index contributed by atoms with van der Waals surface area (Å²) in [6.45, 7) is 0. The Bertz CT molecular complexity index is 1630. The maximum atomic E-state index is 13.5. The Kier molecular flexibility index (Phi) is 4.73. The van der Waals surface area contributed by atoms with Crippen LogP contribution in [0.5, 0.6) is 0 Å². The van der Waals surface area contributed by atoms with E-state index in [4.69, 9.17) is 9.97 Å². The molecule has 168 valence electrons. The second-order valence-corrected chi connectivity index (χ2v) is 8.71. The average molecular weight is 451 g/mol. The highest BCUT2D eigenvalue weighted by Gasteiger charge is 2.26. The number of aryl methyl sites for hydroxylation is 1. The first-order chi connectivity index (χ1) is 16.7. The van der Waals surface area contributed by atoms with E-state index in [0.29, 0.717) is 28.4 Å². The summed E-state index contributed by atoms with van der Waals surface area (Å²) in [5.41, 5.74) is 4.76. The molecular weight excluding hydrogens is 428 g/mol. The topological polar surface area (TPSA) is 107 Å². The molecule has 0 saturated heterocycles. The number of hydrogen-bond acceptors (Lipinski definition) is 6. The number of nitrogens with zero attached hydrogens (tertiary/aromatic N) is 8. The van der Waals surface area contributed by atoms with Gasteiger partial charge in [0, 0.05) is 31.0 Å². The van der Waals surface area contributed by atoms with Gasteiger partial charge in [-0.05, 0) is 43.2 Å². The monoisotopic (exact) mass is 450 g/mol. The fourth-order valence-electron chi connectivity index (χ4n) is 4.98. The Morgan fingerprint density at radius 2 is 1.85 bits per heavy atom. The highest BCUT2D eigenvalue weighted by Crippen LogP contribution is 2.33. The number of benzene rings is 1. The van der Waals surface area contributed by atoms with E-state index >= 15 is 0 Å². The molecule has 9 nitrogen and oxygen atoms in total. The first kappa shape index (κ1) is 20.3. The van der Waals surface area contributed by atoms with Crippen molar-refractivity contribution in [2.75, 3.05) is 0 Å². The van der Waals surface area contributed by atoms with E-state index in [9.17, 15) is 10.1 Å². The van der Waals surface area contributed by atoms with Crippen LogP contribution in [0.15, 0.2) is 53.8 Å². The van der Waals surface area contributed by atoms with E-state index in [0.717, 1.165) is 42.3 Å². The largest absolute Gasteiger partial charge is 0.330 e. The van der Waals surface area contributed by atoms with Crippen molar-refractivity contribution in [3.8, 4) is 23.3 Å². The van der Waals surface area contributed by atoms with E-state index in [1.807, 2.05) is 22.8 Å². The summed E-state index contributed by atoms with van der Waals surface area (Å²) in [6, 6.07) is 11.4. The number of rotatable bonds is 3. The summed E-state index contributed by atoms with van der Waals surface area (Å²) in [6.07, 6.45) is 10.4. The van der Waals surface area contributed by atoms with Gasteiger partial charge in [-0.2, -0.15) is 10.2 Å². The number of pyridine rings is 1. The molecule has 4 aromatic heterocycles. The lowest BCUT2D eigenvalue weighted by atomic mass is 9.95. The third-order valence-corrected chi connectivity index (χ3v) is 6.70. The molecular formula is C25H22N8O. The lowest BCUT2D eigenvalue weighted by Crippen LogP contribution is -2.27. The number of nitriles is 1. The average Bonchev–Trinajstić information content (AvgIpc) is 3.42. The molecule has 0 atom stereocenters. The number of aromatic nitrogens is 7. The van der Waals surface area contributed by atoms with Crippen molar-refractivity contribution < 1.29 is 0 Å². The molecule has 1 aromatic carbocycles. The Labute approximate surface area is 195 Å². The van der Waals surface area contributed by atoms with Gasteiger partial charge in [-0.15, -0.1) is 0 Å². The summed E-state index contributed by atoms with van der Waals surface area (Å²) < 4.78 is 5.29. The van der Waals surface area contributed by atoms with Crippen LogP contribution in [0.25, 0.3) is 39.4 Å². The molecule has 4 heterocycles. The zero-order valence-electron chi connectivity index (χ0n) is 18.7. The molecule has 0 spiro atoms. The van der Waals surface area contributed by atoms with Crippen molar-refractivity contribution in [1.82, 2.24) is 33.6 Å². The molecule has 1 saturated carbocycles. The minimum absolute atomic E-state index is 0.0779. The molecule has 9 heteroatoms. The summed E-state index contributed by atoms with van der Waals surface area (Å²) >= 11 is 0. The van der Waals surface area contributed by atoms with Crippen molar-refractivity contribution in [3.63, 3.8) is 0 Å². The van der Waals surface area contributed by atoms with Crippen LogP contribution in [0.4, 0.5) is 0 Å². The van der Waals surface area contributed by atoms with Gasteiger partial charge < -0.3 is 0 Å². The molecule has 6 rings (SSSR count). The Morgan fingerprint density at radius 1 is 1.06 bits per heavy atom. The number of hydrogen-bond donors (Lipinski definition) is 0. The van der Waals surface area contributed by atoms with Gasteiger partial charge in [0.25, 0.3) is 0 Å². The zero-order chi connectivity index (χ0) is 23.2. The molecule has 0 bridgehead atoms. The lowest BCUT2D eigenvalue weighted by molar-refractivity contribution is 0.350. The minimum atomic E-state index is -0.0779. The van der Waals surface area contributed by atoms with Crippen molar-refractivity contribution in [2.24, 2.45) is 7.05 Å². The molecule has 0 N–H and O–H groups in total. The molecule has 0 aliphatic heterocycles. The predicted molar refractivity (Wildman–Crippen MR) is 127 cm³/mol. The van der Waals surface area contributed by atoms with Crippen LogP contribution in [0, 0.1) is 11.3 Å². The molecule has 1 aliphatic rings. The quantitative estimate of drug-likeness (QED) is 0.412. The molecule has 1 fully saturated rings. The number of fused-ring (bicyclic) bond motifs is 2. The van der Waals surface area contributed by atoms with Crippen LogP contribution in [0.2, 0.25) is 0 Å². The minimum Gasteiger partial charge on any atom is -0.292 e. The Balaban J connectivity index is 1.68. The maximum Gasteiger partial charge on any atom is 0.330 e. The second kappa shape index (κ2) is 7.92. The first-order valence-electron chi connectivity index (χ1n) is 11.4. The summed E-state index contributed by atoms with van der Waals surface area (Å²) in [4.78, 5) is 31.9. The molecule has 0 unspecified atom stereocenters. The molecule has 1 aliphatic carbocycles. The summed E-state index contributed by atoms with van der Waals surface area (Å²) in [5, 5.41) is 9.39. The van der Waals surface area contributed by atoms with Crippen molar-refractivity contribution in [2.45, 2.75) is 38.1 Å². The van der Waals surface area contributed by atoms with Crippen molar-refractivity contribution >= 4 is 22.2 Å². The van der Waals surface area contributed by atoms with E-state index in [1.165, 1.54) is 6.42 Å². The Morgan fingerprint density at radius 3 is 2.62 bits per heavy atom. The molecule has 0 radical (unpaired) electrons. The lowest BCUT2D eigenvalue weighted by Gasteiger charge is -2.22.